The number of nitrogens with zero attached hydrogens (tertiary/aromatic N) is 1. The summed E-state index contributed by atoms with van der Waals surface area (Å²) in [5.41, 5.74) is 2.97. The number of benzene rings is 1. The van der Waals surface area contributed by atoms with E-state index >= 15 is 0 Å². The van der Waals surface area contributed by atoms with Crippen molar-refractivity contribution in [1.82, 2.24) is 15.6 Å². The molecule has 0 saturated carbocycles. The van der Waals surface area contributed by atoms with Gasteiger partial charge in [0.25, 0.3) is 5.91 Å². The van der Waals surface area contributed by atoms with Crippen LogP contribution in [0.15, 0.2) is 35.1 Å². The van der Waals surface area contributed by atoms with Crippen LogP contribution < -0.4 is 10.6 Å². The number of rotatable bonds is 3. The van der Waals surface area contributed by atoms with E-state index in [9.17, 15) is 4.79 Å². The van der Waals surface area contributed by atoms with Crippen molar-refractivity contribution in [1.29, 1.82) is 0 Å². The van der Waals surface area contributed by atoms with Gasteiger partial charge in [-0.3, -0.25) is 4.79 Å². The molecule has 5 heteroatoms. The Balaban J connectivity index is 1.68. The first kappa shape index (κ1) is 12.9. The van der Waals surface area contributed by atoms with Crippen LogP contribution in [0.3, 0.4) is 0 Å². The summed E-state index contributed by atoms with van der Waals surface area (Å²) < 4.78 is 5.05. The lowest BCUT2D eigenvalue weighted by Crippen LogP contribution is -2.39. The van der Waals surface area contributed by atoms with Gasteiger partial charge >= 0.3 is 0 Å². The van der Waals surface area contributed by atoms with Gasteiger partial charge in [0, 0.05) is 12.6 Å². The highest BCUT2D eigenvalue weighted by atomic mass is 16.3. The summed E-state index contributed by atoms with van der Waals surface area (Å²) in [4.78, 5) is 15.9. The lowest BCUT2D eigenvalue weighted by Gasteiger charge is -2.27. The van der Waals surface area contributed by atoms with E-state index in [2.05, 4.69) is 33.8 Å². The molecule has 0 radical (unpaired) electrons. The van der Waals surface area contributed by atoms with E-state index in [0.717, 1.165) is 13.0 Å². The first-order chi connectivity index (χ1) is 9.75. The average molecular weight is 271 g/mol. The number of fused-ring (bicyclic) bond motifs is 1. The average Bonchev–Trinajstić information content (AvgIpc) is 2.91. The highest BCUT2D eigenvalue weighted by Gasteiger charge is 2.21. The molecule has 1 aliphatic heterocycles. The third kappa shape index (κ3) is 2.44. The van der Waals surface area contributed by atoms with Crippen molar-refractivity contribution in [3.63, 3.8) is 0 Å². The molecule has 1 aromatic heterocycles. The predicted octanol–water partition coefficient (Wildman–Crippen LogP) is 1.60. The highest BCUT2D eigenvalue weighted by molar-refractivity contribution is 5.93. The van der Waals surface area contributed by atoms with Crippen LogP contribution in [-0.4, -0.2) is 24.0 Å². The number of aryl methyl sites for hydroxylation is 1. The summed E-state index contributed by atoms with van der Waals surface area (Å²) in [7, 11) is 0. The molecule has 0 bridgehead atoms. The Morgan fingerprint density at radius 3 is 3.15 bits per heavy atom. The van der Waals surface area contributed by atoms with Crippen LogP contribution in [0.1, 0.15) is 33.4 Å². The smallest absolute Gasteiger partial charge is 0.273 e. The maximum absolute atomic E-state index is 12.0. The molecule has 1 atom stereocenters. The van der Waals surface area contributed by atoms with Crippen molar-refractivity contribution < 1.29 is 9.21 Å². The number of oxazole rings is 1. The van der Waals surface area contributed by atoms with Crippen LogP contribution in [0, 0.1) is 6.92 Å². The fraction of sp³-hybridized carbons (Fsp3) is 0.333. The number of hydrogen-bond acceptors (Lipinski definition) is 4. The number of amides is 1. The first-order valence-corrected chi connectivity index (χ1v) is 6.75. The Morgan fingerprint density at radius 2 is 2.35 bits per heavy atom. The SMILES string of the molecule is Cc1ocnc1C(=O)NCC1NCCc2ccccc21. The lowest BCUT2D eigenvalue weighted by atomic mass is 9.94. The molecule has 1 unspecified atom stereocenters. The third-order valence-electron chi connectivity index (χ3n) is 3.64. The fourth-order valence-electron chi connectivity index (χ4n) is 2.58. The molecule has 2 N–H and O–H groups in total. The third-order valence-corrected chi connectivity index (χ3v) is 3.64. The van der Waals surface area contributed by atoms with Crippen molar-refractivity contribution in [3.05, 3.63) is 53.2 Å². The van der Waals surface area contributed by atoms with Gasteiger partial charge in [-0.15, -0.1) is 0 Å². The molecule has 20 heavy (non-hydrogen) atoms. The fourth-order valence-corrected chi connectivity index (χ4v) is 2.58. The van der Waals surface area contributed by atoms with Crippen LogP contribution in [-0.2, 0) is 6.42 Å². The molecule has 0 fully saturated rings. The molecule has 1 aliphatic rings. The Kier molecular flexibility index (Phi) is 3.52. The van der Waals surface area contributed by atoms with Crippen LogP contribution in [0.25, 0.3) is 0 Å². The maximum Gasteiger partial charge on any atom is 0.273 e. The quantitative estimate of drug-likeness (QED) is 0.890. The minimum absolute atomic E-state index is 0.149. The zero-order chi connectivity index (χ0) is 13.9. The van der Waals surface area contributed by atoms with Crippen molar-refractivity contribution in [2.75, 3.05) is 13.1 Å². The Labute approximate surface area is 117 Å². The number of nitrogens with one attached hydrogen (secondary N) is 2. The molecule has 0 spiro atoms. The summed E-state index contributed by atoms with van der Waals surface area (Å²) >= 11 is 0. The van der Waals surface area contributed by atoms with Crippen LogP contribution in [0.4, 0.5) is 0 Å². The molecule has 3 rings (SSSR count). The van der Waals surface area contributed by atoms with Crippen LogP contribution in [0.5, 0.6) is 0 Å². The normalized spacial score (nSPS) is 17.6. The van der Waals surface area contributed by atoms with E-state index in [0.29, 0.717) is 18.0 Å². The minimum atomic E-state index is -0.193. The summed E-state index contributed by atoms with van der Waals surface area (Å²) in [5.74, 6) is 0.348. The van der Waals surface area contributed by atoms with Crippen molar-refractivity contribution in [2.45, 2.75) is 19.4 Å². The second-order valence-corrected chi connectivity index (χ2v) is 4.92. The van der Waals surface area contributed by atoms with Crippen molar-refractivity contribution in [2.24, 2.45) is 0 Å². The number of aromatic nitrogens is 1. The standard InChI is InChI=1S/C15H17N3O2/c1-10-14(18-9-20-10)15(19)17-8-13-12-5-3-2-4-11(12)6-7-16-13/h2-5,9,13,16H,6-8H2,1H3,(H,17,19). The molecule has 5 nitrogen and oxygen atoms in total. The lowest BCUT2D eigenvalue weighted by molar-refractivity contribution is 0.0943. The predicted molar refractivity (Wildman–Crippen MR) is 74.5 cm³/mol. The Bertz CT molecular complexity index is 621. The van der Waals surface area contributed by atoms with Gasteiger partial charge in [0.05, 0.1) is 0 Å². The van der Waals surface area contributed by atoms with E-state index < -0.39 is 0 Å². The Hall–Kier alpha value is -2.14. The van der Waals surface area contributed by atoms with Gasteiger partial charge in [0.2, 0.25) is 0 Å². The molecular formula is C15H17N3O2. The monoisotopic (exact) mass is 271 g/mol. The largest absolute Gasteiger partial charge is 0.448 e. The topological polar surface area (TPSA) is 67.2 Å². The van der Waals surface area contributed by atoms with E-state index in [4.69, 9.17) is 4.42 Å². The molecule has 0 saturated heterocycles. The van der Waals surface area contributed by atoms with Crippen LogP contribution in [0.2, 0.25) is 0 Å². The molecule has 2 aromatic rings. The van der Waals surface area contributed by atoms with E-state index in [1.165, 1.54) is 17.5 Å². The molecule has 1 amide bonds. The van der Waals surface area contributed by atoms with Gasteiger partial charge < -0.3 is 15.1 Å². The summed E-state index contributed by atoms with van der Waals surface area (Å²) in [6.07, 6.45) is 2.32. The van der Waals surface area contributed by atoms with E-state index in [-0.39, 0.29) is 11.9 Å². The number of carbonyl (C=O) groups is 1. The van der Waals surface area contributed by atoms with E-state index in [1.807, 2.05) is 6.07 Å². The van der Waals surface area contributed by atoms with E-state index in [1.54, 1.807) is 6.92 Å². The van der Waals surface area contributed by atoms with Gasteiger partial charge in [0.1, 0.15) is 5.76 Å². The second-order valence-electron chi connectivity index (χ2n) is 4.92. The summed E-state index contributed by atoms with van der Waals surface area (Å²) in [6, 6.07) is 8.49. The molecule has 1 aromatic carbocycles. The van der Waals surface area contributed by atoms with Gasteiger partial charge in [-0.25, -0.2) is 4.98 Å². The van der Waals surface area contributed by atoms with Gasteiger partial charge in [-0.1, -0.05) is 24.3 Å². The first-order valence-electron chi connectivity index (χ1n) is 6.75. The Morgan fingerprint density at radius 1 is 1.50 bits per heavy atom. The summed E-state index contributed by atoms with van der Waals surface area (Å²) in [5, 5.41) is 6.34. The van der Waals surface area contributed by atoms with Crippen LogP contribution >= 0.6 is 0 Å². The minimum Gasteiger partial charge on any atom is -0.448 e. The maximum atomic E-state index is 12.0. The van der Waals surface area contributed by atoms with Gasteiger partial charge in [-0.2, -0.15) is 0 Å². The molecule has 0 aliphatic carbocycles. The number of hydrogen-bond donors (Lipinski definition) is 2. The summed E-state index contributed by atoms with van der Waals surface area (Å²) in [6.45, 7) is 3.21. The molecular weight excluding hydrogens is 254 g/mol. The molecule has 104 valence electrons. The molecule has 2 heterocycles. The van der Waals surface area contributed by atoms with Crippen molar-refractivity contribution in [3.8, 4) is 0 Å². The zero-order valence-corrected chi connectivity index (χ0v) is 11.3. The second kappa shape index (κ2) is 5.46. The zero-order valence-electron chi connectivity index (χ0n) is 11.3. The van der Waals surface area contributed by atoms with Gasteiger partial charge in [-0.05, 0) is 31.0 Å². The number of carbonyl (C=O) groups excluding carboxylic acids is 1. The van der Waals surface area contributed by atoms with Gasteiger partial charge in [0.15, 0.2) is 12.1 Å². The van der Waals surface area contributed by atoms with Crippen molar-refractivity contribution >= 4 is 5.91 Å². The highest BCUT2D eigenvalue weighted by Crippen LogP contribution is 2.21.